The van der Waals surface area contributed by atoms with Crippen LogP contribution in [0.2, 0.25) is 5.02 Å². The second-order valence-electron chi connectivity index (χ2n) is 5.44. The van der Waals surface area contributed by atoms with Gasteiger partial charge in [-0.05, 0) is 37.3 Å². The quantitative estimate of drug-likeness (QED) is 0.871. The van der Waals surface area contributed by atoms with Gasteiger partial charge < -0.3 is 10.2 Å². The van der Waals surface area contributed by atoms with Crippen LogP contribution < -0.4 is 10.2 Å². The average molecular weight is 333 g/mol. The van der Waals surface area contributed by atoms with Crippen LogP contribution in [0, 0.1) is 5.82 Å². The fraction of sp³-hybridized carbons (Fsp3) is 0.176. The van der Waals surface area contributed by atoms with Gasteiger partial charge in [0.1, 0.15) is 5.82 Å². The Morgan fingerprint density at radius 3 is 2.78 bits per heavy atom. The summed E-state index contributed by atoms with van der Waals surface area (Å²) < 4.78 is 13.3. The highest BCUT2D eigenvalue weighted by Gasteiger charge is 2.28. The molecule has 118 valence electrons. The van der Waals surface area contributed by atoms with E-state index in [1.165, 1.54) is 17.0 Å². The molecule has 23 heavy (non-hydrogen) atoms. The van der Waals surface area contributed by atoms with E-state index in [9.17, 15) is 14.0 Å². The SMILES string of the molecule is CC1CN(C(=O)c2ccc(F)c(Cl)c2)c2ccccc2C(=O)N1. The van der Waals surface area contributed by atoms with E-state index in [2.05, 4.69) is 5.32 Å². The molecule has 1 unspecified atom stereocenters. The van der Waals surface area contributed by atoms with Crippen LogP contribution in [0.25, 0.3) is 0 Å². The van der Waals surface area contributed by atoms with Gasteiger partial charge in [-0.3, -0.25) is 9.59 Å². The molecule has 2 amide bonds. The van der Waals surface area contributed by atoms with Crippen molar-refractivity contribution >= 4 is 29.1 Å². The summed E-state index contributed by atoms with van der Waals surface area (Å²) in [4.78, 5) is 26.6. The summed E-state index contributed by atoms with van der Waals surface area (Å²) in [6, 6.07) is 10.5. The van der Waals surface area contributed by atoms with Crippen LogP contribution in [0.5, 0.6) is 0 Å². The van der Waals surface area contributed by atoms with Crippen molar-refractivity contribution in [2.24, 2.45) is 0 Å². The van der Waals surface area contributed by atoms with Crippen LogP contribution in [-0.4, -0.2) is 24.4 Å². The van der Waals surface area contributed by atoms with E-state index >= 15 is 0 Å². The molecule has 1 heterocycles. The first-order valence-electron chi connectivity index (χ1n) is 7.14. The number of carbonyl (C=O) groups is 2. The van der Waals surface area contributed by atoms with Gasteiger partial charge in [-0.1, -0.05) is 23.7 Å². The molecule has 2 aromatic rings. The normalized spacial score (nSPS) is 17.3. The molecule has 0 saturated carbocycles. The molecule has 0 aromatic heterocycles. The van der Waals surface area contributed by atoms with Crippen molar-refractivity contribution in [2.75, 3.05) is 11.4 Å². The number of halogens is 2. The predicted molar refractivity (Wildman–Crippen MR) is 86.5 cm³/mol. The fourth-order valence-corrected chi connectivity index (χ4v) is 2.78. The molecule has 1 atom stereocenters. The molecule has 0 saturated heterocycles. The summed E-state index contributed by atoms with van der Waals surface area (Å²) in [6.07, 6.45) is 0. The summed E-state index contributed by atoms with van der Waals surface area (Å²) >= 11 is 5.77. The number of rotatable bonds is 1. The average Bonchev–Trinajstić information content (AvgIpc) is 2.66. The van der Waals surface area contributed by atoms with Gasteiger partial charge >= 0.3 is 0 Å². The third-order valence-corrected chi connectivity index (χ3v) is 3.97. The first-order chi connectivity index (χ1) is 11.0. The molecule has 1 aliphatic rings. The van der Waals surface area contributed by atoms with Crippen LogP contribution in [0.1, 0.15) is 27.6 Å². The van der Waals surface area contributed by atoms with Gasteiger partial charge in [0.25, 0.3) is 11.8 Å². The number of benzene rings is 2. The highest BCUT2D eigenvalue weighted by atomic mass is 35.5. The van der Waals surface area contributed by atoms with E-state index < -0.39 is 5.82 Å². The highest BCUT2D eigenvalue weighted by Crippen LogP contribution is 2.26. The van der Waals surface area contributed by atoms with Crippen molar-refractivity contribution in [3.8, 4) is 0 Å². The molecule has 0 bridgehead atoms. The maximum absolute atomic E-state index is 13.3. The van der Waals surface area contributed by atoms with Gasteiger partial charge in [-0.25, -0.2) is 4.39 Å². The van der Waals surface area contributed by atoms with E-state index in [0.717, 1.165) is 6.07 Å². The number of hydrogen-bond donors (Lipinski definition) is 1. The van der Waals surface area contributed by atoms with E-state index in [1.54, 1.807) is 24.3 Å². The third-order valence-electron chi connectivity index (χ3n) is 3.69. The lowest BCUT2D eigenvalue weighted by molar-refractivity contribution is 0.0939. The number of fused-ring (bicyclic) bond motifs is 1. The van der Waals surface area contributed by atoms with Gasteiger partial charge in [0.2, 0.25) is 0 Å². The summed E-state index contributed by atoms with van der Waals surface area (Å²) in [5.74, 6) is -1.13. The van der Waals surface area contributed by atoms with Crippen molar-refractivity contribution in [2.45, 2.75) is 13.0 Å². The molecule has 0 radical (unpaired) electrons. The zero-order valence-electron chi connectivity index (χ0n) is 12.3. The second kappa shape index (κ2) is 6.01. The van der Waals surface area contributed by atoms with Gasteiger partial charge in [-0.15, -0.1) is 0 Å². The predicted octanol–water partition coefficient (Wildman–Crippen LogP) is 3.26. The monoisotopic (exact) mass is 332 g/mol. The maximum atomic E-state index is 13.3. The Morgan fingerprint density at radius 1 is 1.30 bits per heavy atom. The second-order valence-corrected chi connectivity index (χ2v) is 5.84. The maximum Gasteiger partial charge on any atom is 0.258 e. The Kier molecular flexibility index (Phi) is 4.05. The molecule has 0 spiro atoms. The van der Waals surface area contributed by atoms with Crippen molar-refractivity contribution < 1.29 is 14.0 Å². The number of nitrogens with one attached hydrogen (secondary N) is 1. The van der Waals surface area contributed by atoms with Crippen LogP contribution in [-0.2, 0) is 0 Å². The largest absolute Gasteiger partial charge is 0.348 e. The minimum absolute atomic E-state index is 0.110. The molecule has 3 rings (SSSR count). The molecule has 1 N–H and O–H groups in total. The zero-order valence-corrected chi connectivity index (χ0v) is 13.1. The molecule has 6 heteroatoms. The topological polar surface area (TPSA) is 49.4 Å². The third kappa shape index (κ3) is 2.92. The Labute approximate surface area is 137 Å². The lowest BCUT2D eigenvalue weighted by Crippen LogP contribution is -2.41. The number of hydrogen-bond acceptors (Lipinski definition) is 2. The fourth-order valence-electron chi connectivity index (χ4n) is 2.60. The zero-order chi connectivity index (χ0) is 16.6. The van der Waals surface area contributed by atoms with Gasteiger partial charge in [0, 0.05) is 18.2 Å². The molecule has 0 aliphatic carbocycles. The number of nitrogens with zero attached hydrogens (tertiary/aromatic N) is 1. The molecule has 4 nitrogen and oxygen atoms in total. The number of anilines is 1. The molecule has 0 fully saturated rings. The van der Waals surface area contributed by atoms with E-state index in [-0.39, 0.29) is 28.4 Å². The van der Waals surface area contributed by atoms with Crippen molar-refractivity contribution in [1.29, 1.82) is 0 Å². The van der Waals surface area contributed by atoms with Gasteiger partial charge in [0.15, 0.2) is 0 Å². The van der Waals surface area contributed by atoms with Gasteiger partial charge in [0.05, 0.1) is 16.3 Å². The number of para-hydroxylation sites is 1. The van der Waals surface area contributed by atoms with E-state index in [1.807, 2.05) is 6.92 Å². The Hall–Kier alpha value is -2.40. The molecule has 2 aromatic carbocycles. The van der Waals surface area contributed by atoms with Crippen molar-refractivity contribution in [3.63, 3.8) is 0 Å². The first kappa shape index (κ1) is 15.5. The Balaban J connectivity index is 2.06. The lowest BCUT2D eigenvalue weighted by atomic mass is 10.1. The van der Waals surface area contributed by atoms with Crippen LogP contribution in [0.3, 0.4) is 0 Å². The summed E-state index contributed by atoms with van der Waals surface area (Å²) in [5.41, 5.74) is 1.23. The smallest absolute Gasteiger partial charge is 0.258 e. The molecular formula is C17H14ClFN2O2. The molecular weight excluding hydrogens is 319 g/mol. The van der Waals surface area contributed by atoms with Crippen LogP contribution in [0.15, 0.2) is 42.5 Å². The minimum Gasteiger partial charge on any atom is -0.348 e. The summed E-state index contributed by atoms with van der Waals surface area (Å²) in [7, 11) is 0. The minimum atomic E-state index is -0.579. The van der Waals surface area contributed by atoms with Crippen LogP contribution in [0.4, 0.5) is 10.1 Å². The van der Waals surface area contributed by atoms with Crippen molar-refractivity contribution in [3.05, 3.63) is 64.4 Å². The van der Waals surface area contributed by atoms with E-state index in [0.29, 0.717) is 17.8 Å². The highest BCUT2D eigenvalue weighted by molar-refractivity contribution is 6.31. The summed E-state index contributed by atoms with van der Waals surface area (Å²) in [5, 5.41) is 2.73. The summed E-state index contributed by atoms with van der Waals surface area (Å²) in [6.45, 7) is 2.14. The van der Waals surface area contributed by atoms with Gasteiger partial charge in [-0.2, -0.15) is 0 Å². The first-order valence-corrected chi connectivity index (χ1v) is 7.52. The molecule has 1 aliphatic heterocycles. The lowest BCUT2D eigenvalue weighted by Gasteiger charge is -2.24. The number of amides is 2. The van der Waals surface area contributed by atoms with Crippen LogP contribution >= 0.6 is 11.6 Å². The van der Waals surface area contributed by atoms with Crippen molar-refractivity contribution in [1.82, 2.24) is 5.32 Å². The Morgan fingerprint density at radius 2 is 2.04 bits per heavy atom. The standard InChI is InChI=1S/C17H14ClFN2O2/c1-10-9-21(15-5-3-2-4-12(15)16(22)20-10)17(23)11-6-7-14(19)13(18)8-11/h2-8,10H,9H2,1H3,(H,20,22). The number of carbonyl (C=O) groups excluding carboxylic acids is 2. The van der Waals surface area contributed by atoms with E-state index in [4.69, 9.17) is 11.6 Å². The Bertz CT molecular complexity index is 794.